The number of thiocarbonyl (C=S) groups is 1. The van der Waals surface area contributed by atoms with Gasteiger partial charge in [-0.1, -0.05) is 25.6 Å². The van der Waals surface area contributed by atoms with Crippen LogP contribution in [0.2, 0.25) is 0 Å². The van der Waals surface area contributed by atoms with Crippen molar-refractivity contribution in [1.82, 2.24) is 9.80 Å². The molecule has 0 radical (unpaired) electrons. The summed E-state index contributed by atoms with van der Waals surface area (Å²) in [5, 5.41) is 0. The molecule has 6 heteroatoms. The monoisotopic (exact) mass is 279 g/mol. The molecule has 0 N–H and O–H groups in total. The number of carbonyl (C=O) groups excluding carboxylic acids is 2. The first-order chi connectivity index (χ1) is 8.99. The van der Waals surface area contributed by atoms with Crippen LogP contribution in [0.3, 0.4) is 0 Å². The van der Waals surface area contributed by atoms with Crippen LogP contribution in [-0.2, 0) is 4.79 Å². The predicted molar refractivity (Wildman–Crippen MR) is 77.1 cm³/mol. The number of allylic oxidation sites excluding steroid dienone is 1. The van der Waals surface area contributed by atoms with Crippen molar-refractivity contribution in [2.24, 2.45) is 10.9 Å². The molecule has 1 saturated heterocycles. The van der Waals surface area contributed by atoms with Gasteiger partial charge in [-0.15, -0.1) is 0 Å². The van der Waals surface area contributed by atoms with Crippen molar-refractivity contribution in [1.29, 1.82) is 0 Å². The number of hydrogen-bond donors (Lipinski definition) is 0. The van der Waals surface area contributed by atoms with E-state index in [0.717, 1.165) is 29.7 Å². The SMILES string of the molecule is CCCCC1=CN=C2C(C(=O)N(C)C(=O)N2C)C1=S. The van der Waals surface area contributed by atoms with Crippen LogP contribution in [0.4, 0.5) is 4.79 Å². The van der Waals surface area contributed by atoms with Gasteiger partial charge in [0.15, 0.2) is 0 Å². The fourth-order valence-electron chi connectivity index (χ4n) is 2.25. The molecule has 102 valence electrons. The molecule has 0 aliphatic carbocycles. The van der Waals surface area contributed by atoms with Crippen LogP contribution in [0.15, 0.2) is 16.8 Å². The molecule has 1 fully saturated rings. The van der Waals surface area contributed by atoms with Crippen LogP contribution in [-0.4, -0.2) is 46.5 Å². The lowest BCUT2D eigenvalue weighted by atomic mass is 9.90. The van der Waals surface area contributed by atoms with Gasteiger partial charge in [-0.3, -0.25) is 14.6 Å². The smallest absolute Gasteiger partial charge is 0.284 e. The van der Waals surface area contributed by atoms with Gasteiger partial charge < -0.3 is 0 Å². The molecule has 2 heterocycles. The van der Waals surface area contributed by atoms with Gasteiger partial charge >= 0.3 is 6.03 Å². The van der Waals surface area contributed by atoms with E-state index in [1.807, 2.05) is 0 Å². The zero-order valence-electron chi connectivity index (χ0n) is 11.3. The summed E-state index contributed by atoms with van der Waals surface area (Å²) in [6.07, 6.45) is 4.61. The highest BCUT2D eigenvalue weighted by Gasteiger charge is 2.44. The molecule has 0 saturated carbocycles. The Morgan fingerprint density at radius 1 is 1.32 bits per heavy atom. The molecule has 0 aromatic rings. The van der Waals surface area contributed by atoms with Crippen molar-refractivity contribution < 1.29 is 9.59 Å². The minimum Gasteiger partial charge on any atom is -0.284 e. The lowest BCUT2D eigenvalue weighted by Gasteiger charge is -2.37. The molecule has 2 aliphatic heterocycles. The standard InChI is InChI=1S/C13H17N3O2S/c1-4-5-6-8-7-14-11-9(10(8)19)12(17)16(3)13(18)15(11)2/h7,9H,4-6H2,1-3H3. The van der Waals surface area contributed by atoms with Gasteiger partial charge in [0.25, 0.3) is 0 Å². The van der Waals surface area contributed by atoms with Crippen molar-refractivity contribution in [2.45, 2.75) is 26.2 Å². The zero-order chi connectivity index (χ0) is 14.2. The summed E-state index contributed by atoms with van der Waals surface area (Å²) >= 11 is 5.43. The van der Waals surface area contributed by atoms with Crippen LogP contribution in [0.1, 0.15) is 26.2 Å². The quantitative estimate of drug-likeness (QED) is 0.742. The molecule has 0 aromatic carbocycles. The van der Waals surface area contributed by atoms with Crippen molar-refractivity contribution in [3.05, 3.63) is 11.8 Å². The molecule has 1 atom stereocenters. The Labute approximate surface area is 118 Å². The maximum Gasteiger partial charge on any atom is 0.331 e. The van der Waals surface area contributed by atoms with E-state index in [1.165, 1.54) is 11.9 Å². The first kappa shape index (κ1) is 13.9. The number of urea groups is 1. The summed E-state index contributed by atoms with van der Waals surface area (Å²) in [6.45, 7) is 2.10. The fraction of sp³-hybridized carbons (Fsp3) is 0.538. The molecule has 3 amide bonds. The Morgan fingerprint density at radius 2 is 2.00 bits per heavy atom. The number of carbonyl (C=O) groups is 2. The summed E-state index contributed by atoms with van der Waals surface area (Å²) in [5.74, 6) is -0.424. The lowest BCUT2D eigenvalue weighted by Crippen LogP contribution is -2.59. The number of nitrogens with zero attached hydrogens (tertiary/aromatic N) is 3. The number of fused-ring (bicyclic) bond motifs is 1. The maximum absolute atomic E-state index is 12.2. The van der Waals surface area contributed by atoms with E-state index in [4.69, 9.17) is 12.2 Å². The number of hydrogen-bond acceptors (Lipinski definition) is 4. The van der Waals surface area contributed by atoms with E-state index in [2.05, 4.69) is 11.9 Å². The van der Waals surface area contributed by atoms with E-state index in [1.54, 1.807) is 13.2 Å². The van der Waals surface area contributed by atoms with Crippen molar-refractivity contribution in [3.63, 3.8) is 0 Å². The zero-order valence-corrected chi connectivity index (χ0v) is 12.2. The first-order valence-electron chi connectivity index (χ1n) is 6.35. The summed E-state index contributed by atoms with van der Waals surface area (Å²) in [6, 6.07) is -0.367. The van der Waals surface area contributed by atoms with Crippen molar-refractivity contribution >= 4 is 34.9 Å². The topological polar surface area (TPSA) is 53.0 Å². The van der Waals surface area contributed by atoms with E-state index >= 15 is 0 Å². The van der Waals surface area contributed by atoms with Gasteiger partial charge in [0.2, 0.25) is 5.91 Å². The Kier molecular flexibility index (Phi) is 3.80. The molecule has 1 unspecified atom stereocenters. The largest absolute Gasteiger partial charge is 0.331 e. The Balaban J connectivity index is 2.35. The second-order valence-electron chi connectivity index (χ2n) is 4.78. The summed E-state index contributed by atoms with van der Waals surface area (Å²) < 4.78 is 0. The number of imide groups is 1. The van der Waals surface area contributed by atoms with Crippen molar-refractivity contribution in [3.8, 4) is 0 Å². The predicted octanol–water partition coefficient (Wildman–Crippen LogP) is 1.98. The fourth-order valence-corrected chi connectivity index (χ4v) is 2.61. The van der Waals surface area contributed by atoms with Gasteiger partial charge in [0.1, 0.15) is 11.8 Å². The normalized spacial score (nSPS) is 23.3. The molecule has 19 heavy (non-hydrogen) atoms. The highest BCUT2D eigenvalue weighted by atomic mass is 32.1. The number of amides is 3. The van der Waals surface area contributed by atoms with E-state index in [-0.39, 0.29) is 11.9 Å². The van der Waals surface area contributed by atoms with E-state index in [0.29, 0.717) is 10.7 Å². The summed E-state index contributed by atoms with van der Waals surface area (Å²) in [5.41, 5.74) is 0.940. The molecule has 5 nitrogen and oxygen atoms in total. The summed E-state index contributed by atoms with van der Waals surface area (Å²) in [4.78, 5) is 31.5. The van der Waals surface area contributed by atoms with E-state index in [9.17, 15) is 9.59 Å². The number of amidine groups is 1. The molecule has 2 rings (SSSR count). The van der Waals surface area contributed by atoms with Crippen LogP contribution in [0.25, 0.3) is 0 Å². The molecule has 0 aromatic heterocycles. The van der Waals surface area contributed by atoms with Crippen LogP contribution < -0.4 is 0 Å². The lowest BCUT2D eigenvalue weighted by molar-refractivity contribution is -0.128. The number of rotatable bonds is 3. The maximum atomic E-state index is 12.2. The Hall–Kier alpha value is -1.56. The highest BCUT2D eigenvalue weighted by molar-refractivity contribution is 7.81. The third-order valence-corrected chi connectivity index (χ3v) is 3.98. The molecular formula is C13H17N3O2S. The average molecular weight is 279 g/mol. The number of aliphatic imine (C=N–C) groups is 1. The van der Waals surface area contributed by atoms with Crippen LogP contribution in [0, 0.1) is 5.92 Å². The summed E-state index contributed by atoms with van der Waals surface area (Å²) in [7, 11) is 3.09. The number of unbranched alkanes of at least 4 members (excludes halogenated alkanes) is 1. The Morgan fingerprint density at radius 3 is 2.63 bits per heavy atom. The molecular weight excluding hydrogens is 262 g/mol. The van der Waals surface area contributed by atoms with E-state index < -0.39 is 5.92 Å². The van der Waals surface area contributed by atoms with Gasteiger partial charge in [-0.2, -0.15) is 0 Å². The first-order valence-corrected chi connectivity index (χ1v) is 6.76. The third-order valence-electron chi connectivity index (χ3n) is 3.48. The highest BCUT2D eigenvalue weighted by Crippen LogP contribution is 2.27. The average Bonchev–Trinajstić information content (AvgIpc) is 2.41. The van der Waals surface area contributed by atoms with Gasteiger partial charge in [-0.05, 0) is 18.4 Å². The van der Waals surface area contributed by atoms with Gasteiger partial charge in [-0.25, -0.2) is 9.79 Å². The molecule has 0 spiro atoms. The van der Waals surface area contributed by atoms with Crippen molar-refractivity contribution in [2.75, 3.05) is 14.1 Å². The van der Waals surface area contributed by atoms with Gasteiger partial charge in [0, 0.05) is 25.2 Å². The molecule has 2 aliphatic rings. The van der Waals surface area contributed by atoms with Crippen LogP contribution >= 0.6 is 12.2 Å². The second kappa shape index (κ2) is 5.21. The third kappa shape index (κ3) is 2.20. The van der Waals surface area contributed by atoms with Crippen LogP contribution in [0.5, 0.6) is 0 Å². The molecule has 0 bridgehead atoms. The Bertz CT molecular complexity index is 510. The second-order valence-corrected chi connectivity index (χ2v) is 5.22. The minimum absolute atomic E-state index is 0.283. The van der Waals surface area contributed by atoms with Gasteiger partial charge in [0.05, 0.1) is 0 Å². The minimum atomic E-state index is -0.584.